The second-order valence-corrected chi connectivity index (χ2v) is 5.74. The summed E-state index contributed by atoms with van der Waals surface area (Å²) in [7, 11) is 0. The first-order chi connectivity index (χ1) is 8.88. The van der Waals surface area contributed by atoms with Gasteiger partial charge in [-0.1, -0.05) is 6.92 Å². The monoisotopic (exact) mass is 311 g/mol. The third-order valence-corrected chi connectivity index (χ3v) is 4.23. The summed E-state index contributed by atoms with van der Waals surface area (Å²) in [6, 6.07) is 8.84. The summed E-state index contributed by atoms with van der Waals surface area (Å²) in [6.45, 7) is 2.28. The quantitative estimate of drug-likeness (QED) is 0.419. The summed E-state index contributed by atoms with van der Waals surface area (Å²) in [5, 5.41) is 1.05. The van der Waals surface area contributed by atoms with Crippen LogP contribution in [-0.4, -0.2) is 16.0 Å². The Morgan fingerprint density at radius 3 is 1.94 bits per heavy atom. The van der Waals surface area contributed by atoms with E-state index in [2.05, 4.69) is 47.2 Å². The normalized spacial score (nSPS) is 10.8. The Hall–Kier alpha value is -0.261. The van der Waals surface area contributed by atoms with Gasteiger partial charge in [0, 0.05) is 0 Å². The van der Waals surface area contributed by atoms with Crippen molar-refractivity contribution < 1.29 is 0 Å². The molecular formula is C17H27Se. The molecule has 0 nitrogen and oxygen atoms in total. The van der Waals surface area contributed by atoms with Gasteiger partial charge >= 0.3 is 115 Å². The molecule has 0 fully saturated rings. The molecule has 0 atom stereocenters. The van der Waals surface area contributed by atoms with Gasteiger partial charge in [0.25, 0.3) is 0 Å². The van der Waals surface area contributed by atoms with E-state index in [9.17, 15) is 0 Å². The molecule has 0 spiro atoms. The second kappa shape index (κ2) is 10.6. The summed E-state index contributed by atoms with van der Waals surface area (Å²) >= 11 is 3.13. The van der Waals surface area contributed by atoms with Gasteiger partial charge in [-0.2, -0.15) is 0 Å². The van der Waals surface area contributed by atoms with Crippen LogP contribution < -0.4 is 0 Å². The van der Waals surface area contributed by atoms with Crippen LogP contribution in [0.1, 0.15) is 69.4 Å². The summed E-state index contributed by atoms with van der Waals surface area (Å²) in [6.07, 6.45) is 12.5. The predicted octanol–water partition coefficient (Wildman–Crippen LogP) is 5.04. The van der Waals surface area contributed by atoms with Crippen molar-refractivity contribution in [3.05, 3.63) is 35.4 Å². The van der Waals surface area contributed by atoms with E-state index in [4.69, 9.17) is 0 Å². The maximum absolute atomic E-state index is 3.13. The van der Waals surface area contributed by atoms with Crippen LogP contribution in [0.2, 0.25) is 0 Å². The Balaban J connectivity index is 2.07. The summed E-state index contributed by atoms with van der Waals surface area (Å²) in [5.41, 5.74) is 3.03. The Labute approximate surface area is 121 Å². The topological polar surface area (TPSA) is 0 Å². The zero-order chi connectivity index (χ0) is 13.1. The molecule has 0 aliphatic rings. The molecular weight excluding hydrogens is 283 g/mol. The first-order valence-corrected chi connectivity index (χ1v) is 8.74. The summed E-state index contributed by atoms with van der Waals surface area (Å²) in [4.78, 5) is 0. The molecule has 0 aliphatic heterocycles. The molecule has 0 saturated carbocycles. The van der Waals surface area contributed by atoms with Crippen molar-refractivity contribution in [1.29, 1.82) is 0 Å². The van der Waals surface area contributed by atoms with Crippen molar-refractivity contribution in [3.8, 4) is 0 Å². The Morgan fingerprint density at radius 1 is 0.778 bits per heavy atom. The van der Waals surface area contributed by atoms with Gasteiger partial charge in [-0.3, -0.25) is 0 Å². The van der Waals surface area contributed by atoms with E-state index in [1.807, 2.05) is 0 Å². The molecule has 1 aromatic rings. The molecule has 18 heavy (non-hydrogen) atoms. The van der Waals surface area contributed by atoms with Crippen LogP contribution in [0.3, 0.4) is 0 Å². The first kappa shape index (κ1) is 15.8. The number of aryl methyl sites for hydroxylation is 1. The van der Waals surface area contributed by atoms with Gasteiger partial charge in [0.05, 0.1) is 0 Å². The molecule has 0 N–H and O–H groups in total. The third-order valence-electron chi connectivity index (χ3n) is 3.57. The van der Waals surface area contributed by atoms with Crippen molar-refractivity contribution in [2.75, 3.05) is 0 Å². The molecule has 0 saturated heterocycles. The number of benzene rings is 1. The Kier molecular flexibility index (Phi) is 9.34. The third kappa shape index (κ3) is 6.61. The van der Waals surface area contributed by atoms with E-state index in [0.29, 0.717) is 0 Å². The average Bonchev–Trinajstić information content (AvgIpc) is 2.42. The zero-order valence-electron chi connectivity index (χ0n) is 11.8. The van der Waals surface area contributed by atoms with Gasteiger partial charge in [-0.25, -0.2) is 0 Å². The Morgan fingerprint density at radius 2 is 1.33 bits per heavy atom. The fraction of sp³-hybridized carbons (Fsp3) is 0.647. The van der Waals surface area contributed by atoms with Crippen molar-refractivity contribution in [3.63, 3.8) is 0 Å². The predicted molar refractivity (Wildman–Crippen MR) is 82.2 cm³/mol. The van der Waals surface area contributed by atoms with Gasteiger partial charge in [0.2, 0.25) is 0 Å². The molecule has 1 radical (unpaired) electrons. The van der Waals surface area contributed by atoms with Gasteiger partial charge in [0.15, 0.2) is 0 Å². The molecule has 1 heteroatoms. The van der Waals surface area contributed by atoms with E-state index in [-0.39, 0.29) is 0 Å². The maximum atomic E-state index is 3.13. The molecule has 101 valence electrons. The van der Waals surface area contributed by atoms with Crippen molar-refractivity contribution in [1.82, 2.24) is 0 Å². The van der Waals surface area contributed by atoms with Crippen LogP contribution in [0.5, 0.6) is 0 Å². The van der Waals surface area contributed by atoms with Gasteiger partial charge in [-0.15, -0.1) is 0 Å². The van der Waals surface area contributed by atoms with Crippen molar-refractivity contribution >= 4 is 16.0 Å². The van der Waals surface area contributed by atoms with Crippen molar-refractivity contribution in [2.24, 2.45) is 0 Å². The standard InChI is InChI=1S/C17H27Se/c1-2-3-4-5-6-7-8-9-12-16-13-10-11-14-17(16)15-18/h10-11,13-14H,2-9,12,15H2,1H3. The molecule has 1 aromatic carbocycles. The van der Waals surface area contributed by atoms with Crippen LogP contribution in [0.25, 0.3) is 0 Å². The Bertz CT molecular complexity index is 306. The molecule has 0 aromatic heterocycles. The molecule has 0 unspecified atom stereocenters. The number of rotatable bonds is 10. The van der Waals surface area contributed by atoms with Crippen LogP contribution in [0, 0.1) is 0 Å². The molecule has 1 rings (SSSR count). The van der Waals surface area contributed by atoms with Gasteiger partial charge in [-0.05, 0) is 0 Å². The second-order valence-electron chi connectivity index (χ2n) is 5.14. The number of unbranched alkanes of at least 4 members (excludes halogenated alkanes) is 7. The number of hydrogen-bond donors (Lipinski definition) is 0. The van der Waals surface area contributed by atoms with E-state index in [1.54, 1.807) is 5.56 Å². The summed E-state index contributed by atoms with van der Waals surface area (Å²) < 4.78 is 0. The molecule has 0 amide bonds. The molecule has 0 aliphatic carbocycles. The SMILES string of the molecule is CCCCCCCCCCc1ccccc1C[Se]. The van der Waals surface area contributed by atoms with Crippen LogP contribution in [0.15, 0.2) is 24.3 Å². The number of hydrogen-bond acceptors (Lipinski definition) is 0. The van der Waals surface area contributed by atoms with E-state index < -0.39 is 0 Å². The fourth-order valence-corrected chi connectivity index (χ4v) is 2.98. The van der Waals surface area contributed by atoms with E-state index in [1.165, 1.54) is 63.4 Å². The van der Waals surface area contributed by atoms with Gasteiger partial charge in [0.1, 0.15) is 0 Å². The average molecular weight is 310 g/mol. The van der Waals surface area contributed by atoms with Crippen LogP contribution >= 0.6 is 0 Å². The minimum absolute atomic E-state index is 1.05. The van der Waals surface area contributed by atoms with Crippen molar-refractivity contribution in [2.45, 2.75) is 70.0 Å². The fourth-order valence-electron chi connectivity index (χ4n) is 2.39. The molecule has 0 heterocycles. The first-order valence-electron chi connectivity index (χ1n) is 7.53. The molecule has 0 bridgehead atoms. The van der Waals surface area contributed by atoms with E-state index >= 15 is 0 Å². The van der Waals surface area contributed by atoms with E-state index in [0.717, 1.165) is 5.32 Å². The van der Waals surface area contributed by atoms with Gasteiger partial charge < -0.3 is 0 Å². The summed E-state index contributed by atoms with van der Waals surface area (Å²) in [5.74, 6) is 0. The van der Waals surface area contributed by atoms with Crippen LogP contribution in [-0.2, 0) is 11.7 Å². The minimum atomic E-state index is 1.05. The van der Waals surface area contributed by atoms with Crippen LogP contribution in [0.4, 0.5) is 0 Å². The zero-order valence-corrected chi connectivity index (χ0v) is 13.5.